The Morgan fingerprint density at radius 2 is 1.91 bits per heavy atom. The Kier molecular flexibility index (Phi) is 8.26. The molecule has 12 heteroatoms. The largest absolute Gasteiger partial charge is 0.488 e. The second kappa shape index (κ2) is 12.3. The van der Waals surface area contributed by atoms with Crippen LogP contribution in [0.3, 0.4) is 0 Å². The predicted octanol–water partition coefficient (Wildman–Crippen LogP) is 5.31. The molecule has 1 aliphatic heterocycles. The molecule has 0 radical (unpaired) electrons. The summed E-state index contributed by atoms with van der Waals surface area (Å²) in [5, 5.41) is 13.0. The summed E-state index contributed by atoms with van der Waals surface area (Å²) >= 11 is 0. The number of carbonyl (C=O) groups is 1. The molecule has 4 heterocycles. The van der Waals surface area contributed by atoms with Crippen molar-refractivity contribution in [3.05, 3.63) is 113 Å². The highest BCUT2D eigenvalue weighted by atomic mass is 19.4. The molecule has 232 valence electrons. The van der Waals surface area contributed by atoms with E-state index in [0.29, 0.717) is 28.3 Å². The minimum absolute atomic E-state index is 0.128. The quantitative estimate of drug-likeness (QED) is 0.224. The van der Waals surface area contributed by atoms with Crippen molar-refractivity contribution in [1.82, 2.24) is 29.2 Å². The third-order valence-electron chi connectivity index (χ3n) is 7.90. The number of carbonyl (C=O) groups excluding carboxylic acids is 1. The second-order valence-corrected chi connectivity index (χ2v) is 11.1. The van der Waals surface area contributed by atoms with Crippen molar-refractivity contribution in [2.75, 3.05) is 13.2 Å². The molecule has 1 N–H and O–H groups in total. The molecule has 0 amide bonds. The molecule has 0 fully saturated rings. The number of hydrogen-bond donors (Lipinski definition) is 1. The van der Waals surface area contributed by atoms with Gasteiger partial charge >= 0.3 is 6.18 Å². The molecule has 45 heavy (non-hydrogen) atoms. The number of benzene rings is 2. The third kappa shape index (κ3) is 6.38. The molecule has 1 aliphatic rings. The molecule has 6 rings (SSSR count). The summed E-state index contributed by atoms with van der Waals surface area (Å²) < 4.78 is 50.9. The number of fused-ring (bicyclic) bond motifs is 1. The fraction of sp³-hybridized carbons (Fsp3) is 0.273. The molecule has 3 aromatic heterocycles. The van der Waals surface area contributed by atoms with Gasteiger partial charge in [-0.1, -0.05) is 35.9 Å². The Morgan fingerprint density at radius 1 is 1.07 bits per heavy atom. The Morgan fingerprint density at radius 3 is 2.67 bits per heavy atom. The predicted molar refractivity (Wildman–Crippen MR) is 160 cm³/mol. The third-order valence-corrected chi connectivity index (χ3v) is 7.90. The van der Waals surface area contributed by atoms with Crippen molar-refractivity contribution in [1.29, 1.82) is 0 Å². The second-order valence-electron chi connectivity index (χ2n) is 11.1. The number of aliphatic hydroxyl groups excluding tert-OH is 1. The molecule has 0 unspecified atom stereocenters. The lowest BCUT2D eigenvalue weighted by Gasteiger charge is -2.29. The van der Waals surface area contributed by atoms with E-state index in [1.54, 1.807) is 12.1 Å². The summed E-state index contributed by atoms with van der Waals surface area (Å²) in [6, 6.07) is 16.6. The van der Waals surface area contributed by atoms with Gasteiger partial charge in [0.2, 0.25) is 0 Å². The maximum atomic E-state index is 14.0. The summed E-state index contributed by atoms with van der Waals surface area (Å²) in [5.41, 5.74) is 4.64. The number of rotatable bonds is 9. The molecule has 0 aliphatic carbocycles. The molecule has 0 saturated carbocycles. The van der Waals surface area contributed by atoms with E-state index in [-0.39, 0.29) is 5.82 Å². The fourth-order valence-electron chi connectivity index (χ4n) is 5.56. The molecular formula is C33H31F3N6O3. The van der Waals surface area contributed by atoms with E-state index in [2.05, 4.69) is 38.2 Å². The Hall–Kier alpha value is -4.81. The average molecular weight is 617 g/mol. The van der Waals surface area contributed by atoms with Crippen molar-refractivity contribution in [3.8, 4) is 22.8 Å². The number of hydrogen-bond acceptors (Lipinski definition) is 7. The van der Waals surface area contributed by atoms with Crippen LogP contribution >= 0.6 is 0 Å². The van der Waals surface area contributed by atoms with Gasteiger partial charge in [0.15, 0.2) is 17.3 Å². The first-order valence-electron chi connectivity index (χ1n) is 14.4. The number of aliphatic hydroxyl groups is 1. The first-order chi connectivity index (χ1) is 21.6. The van der Waals surface area contributed by atoms with Crippen LogP contribution in [0.5, 0.6) is 5.75 Å². The van der Waals surface area contributed by atoms with Crippen molar-refractivity contribution in [2.24, 2.45) is 7.05 Å². The number of Topliss-reactive ketones (excluding diaryl/α,β-unsaturated/α-hetero) is 1. The van der Waals surface area contributed by atoms with E-state index < -0.39 is 29.8 Å². The van der Waals surface area contributed by atoms with Crippen LogP contribution in [0.4, 0.5) is 13.2 Å². The zero-order valence-corrected chi connectivity index (χ0v) is 24.8. The maximum absolute atomic E-state index is 14.0. The van der Waals surface area contributed by atoms with E-state index in [9.17, 15) is 23.1 Å². The smallest absolute Gasteiger partial charge is 0.434 e. The first kappa shape index (κ1) is 30.2. The lowest BCUT2D eigenvalue weighted by atomic mass is 9.97. The van der Waals surface area contributed by atoms with Gasteiger partial charge in [-0.25, -0.2) is 14.6 Å². The van der Waals surface area contributed by atoms with E-state index in [1.807, 2.05) is 49.3 Å². The van der Waals surface area contributed by atoms with E-state index >= 15 is 0 Å². The van der Waals surface area contributed by atoms with Crippen LogP contribution in [0, 0.1) is 6.92 Å². The van der Waals surface area contributed by atoms with E-state index in [4.69, 9.17) is 4.74 Å². The molecular weight excluding hydrogens is 585 g/mol. The van der Waals surface area contributed by atoms with Gasteiger partial charge in [0.05, 0.1) is 29.5 Å². The fourth-order valence-corrected chi connectivity index (χ4v) is 5.56. The molecule has 0 atom stereocenters. The minimum Gasteiger partial charge on any atom is -0.488 e. The molecule has 0 bridgehead atoms. The highest BCUT2D eigenvalue weighted by Gasteiger charge is 2.40. The molecule has 0 spiro atoms. The molecule has 5 aromatic rings. The number of imidazole rings is 1. The molecule has 2 aromatic carbocycles. The van der Waals surface area contributed by atoms with Crippen LogP contribution in [0.15, 0.2) is 73.3 Å². The number of alkyl halides is 3. The van der Waals surface area contributed by atoms with Gasteiger partial charge in [-0.15, -0.1) is 0 Å². The Bertz CT molecular complexity index is 1860. The molecule has 9 nitrogen and oxygen atoms in total. The normalized spacial score (nSPS) is 13.6. The summed E-state index contributed by atoms with van der Waals surface area (Å²) in [5.74, 6) is -0.683. The number of halogens is 3. The van der Waals surface area contributed by atoms with E-state index in [0.717, 1.165) is 43.4 Å². The SMILES string of the molecule is Cc1ccc(OCc2ccc3c(c2)CCN(Cc2cncn2C)C3)c(-c2cccc(-n3ncc(C(=O)CO)c3C(F)(F)F)n2)c1. The van der Waals surface area contributed by atoms with Gasteiger partial charge in [0, 0.05) is 38.4 Å². The van der Waals surface area contributed by atoms with Crippen molar-refractivity contribution < 1.29 is 27.8 Å². The van der Waals surface area contributed by atoms with Crippen LogP contribution in [0.25, 0.3) is 17.1 Å². The van der Waals surface area contributed by atoms with Crippen LogP contribution < -0.4 is 4.74 Å². The number of aryl methyl sites for hydroxylation is 2. The standard InChI is InChI=1S/C33H31F3N6O3/c1-21-6-9-30(45-19-22-7-8-24-16-41(11-10-23(24)13-22)17-25-14-37-20-40(25)2)26(12-21)28-4-3-5-31(39-28)42-32(33(34,35)36)27(15-38-42)29(44)18-43/h3-9,12-15,20,43H,10-11,16-19H2,1-2H3. The van der Waals surface area contributed by atoms with Crippen molar-refractivity contribution in [3.63, 3.8) is 0 Å². The minimum atomic E-state index is -4.90. The van der Waals surface area contributed by atoms with Crippen LogP contribution in [0.2, 0.25) is 0 Å². The maximum Gasteiger partial charge on any atom is 0.434 e. The number of ketones is 1. The zero-order chi connectivity index (χ0) is 31.7. The highest BCUT2D eigenvalue weighted by Crippen LogP contribution is 2.35. The highest BCUT2D eigenvalue weighted by molar-refractivity contribution is 5.98. The number of nitrogens with zero attached hydrogens (tertiary/aromatic N) is 6. The summed E-state index contributed by atoms with van der Waals surface area (Å²) in [4.78, 5) is 23.1. The van der Waals surface area contributed by atoms with Gasteiger partial charge in [0.25, 0.3) is 0 Å². The summed E-state index contributed by atoms with van der Waals surface area (Å²) in [7, 11) is 2.00. The molecule has 0 saturated heterocycles. The number of ether oxygens (including phenoxy) is 1. The van der Waals surface area contributed by atoms with Gasteiger partial charge < -0.3 is 14.4 Å². The van der Waals surface area contributed by atoms with Crippen LogP contribution in [0.1, 0.15) is 44.0 Å². The zero-order valence-electron chi connectivity index (χ0n) is 24.8. The Balaban J connectivity index is 1.22. The van der Waals surface area contributed by atoms with Gasteiger partial charge in [0.1, 0.15) is 19.0 Å². The van der Waals surface area contributed by atoms with Crippen LogP contribution in [-0.4, -0.2) is 53.3 Å². The van der Waals surface area contributed by atoms with Gasteiger partial charge in [-0.05, 0) is 54.3 Å². The number of pyridine rings is 1. The topological polar surface area (TPSA) is 98.3 Å². The average Bonchev–Trinajstić information content (AvgIpc) is 3.66. The monoisotopic (exact) mass is 616 g/mol. The number of aromatic nitrogens is 5. The lowest BCUT2D eigenvalue weighted by molar-refractivity contribution is -0.143. The van der Waals surface area contributed by atoms with Crippen molar-refractivity contribution >= 4 is 5.78 Å². The summed E-state index contributed by atoms with van der Waals surface area (Å²) in [6.45, 7) is 3.77. The summed E-state index contributed by atoms with van der Waals surface area (Å²) in [6.07, 6.45) is 0.529. The van der Waals surface area contributed by atoms with Crippen molar-refractivity contribution in [2.45, 2.75) is 39.2 Å². The lowest BCUT2D eigenvalue weighted by Crippen LogP contribution is -2.30. The Labute approximate surface area is 257 Å². The first-order valence-corrected chi connectivity index (χ1v) is 14.4. The van der Waals surface area contributed by atoms with E-state index in [1.165, 1.54) is 22.9 Å². The van der Waals surface area contributed by atoms with Gasteiger partial charge in [-0.3, -0.25) is 9.69 Å². The van der Waals surface area contributed by atoms with Crippen LogP contribution in [-0.2, 0) is 39.3 Å². The van der Waals surface area contributed by atoms with Gasteiger partial charge in [-0.2, -0.15) is 18.3 Å².